The second-order valence-electron chi connectivity index (χ2n) is 2.66. The van der Waals surface area contributed by atoms with Crippen LogP contribution in [0.1, 0.15) is 13.8 Å². The minimum Gasteiger partial charge on any atom is -0.336 e. The van der Waals surface area contributed by atoms with Crippen LogP contribution < -0.4 is 5.32 Å². The van der Waals surface area contributed by atoms with Gasteiger partial charge in [-0.15, -0.1) is 0 Å². The van der Waals surface area contributed by atoms with E-state index in [0.717, 1.165) is 4.67 Å². The Balaban J connectivity index is 2.75. The van der Waals surface area contributed by atoms with E-state index < -0.39 is 13.8 Å². The third-order valence-electron chi connectivity index (χ3n) is 1.71. The standard InChI is InChI=1S/C7H15N2O4P/c1-3-12-14(11,13-4-2)9-6-5-8-7(9)10/h3-6H2,1-2H3,(H,8,10). The average Bonchev–Trinajstić information content (AvgIpc) is 2.52. The fraction of sp³-hybridized carbons (Fsp3) is 0.857. The molecule has 0 bridgehead atoms. The van der Waals surface area contributed by atoms with Crippen LogP contribution in [0, 0.1) is 0 Å². The zero-order valence-corrected chi connectivity index (χ0v) is 9.25. The largest absolute Gasteiger partial charge is 0.438 e. The van der Waals surface area contributed by atoms with Gasteiger partial charge in [-0.3, -0.25) is 9.05 Å². The van der Waals surface area contributed by atoms with E-state index in [0.29, 0.717) is 13.1 Å². The number of rotatable bonds is 5. The summed E-state index contributed by atoms with van der Waals surface area (Å²) in [5.41, 5.74) is 0. The predicted molar refractivity (Wildman–Crippen MR) is 51.0 cm³/mol. The summed E-state index contributed by atoms with van der Waals surface area (Å²) in [5, 5.41) is 2.55. The minimum absolute atomic E-state index is 0.251. The topological polar surface area (TPSA) is 67.9 Å². The number of hydrogen-bond donors (Lipinski definition) is 1. The second kappa shape index (κ2) is 4.77. The summed E-state index contributed by atoms with van der Waals surface area (Å²) in [6.07, 6.45) is 0. The van der Waals surface area contributed by atoms with Crippen LogP contribution in [0.3, 0.4) is 0 Å². The molecule has 0 aromatic heterocycles. The molecule has 14 heavy (non-hydrogen) atoms. The Morgan fingerprint density at radius 2 is 2.00 bits per heavy atom. The van der Waals surface area contributed by atoms with E-state index in [4.69, 9.17) is 9.05 Å². The van der Waals surface area contributed by atoms with Gasteiger partial charge in [0.2, 0.25) is 0 Å². The fourth-order valence-electron chi connectivity index (χ4n) is 1.20. The summed E-state index contributed by atoms with van der Waals surface area (Å²) < 4.78 is 23.2. The maximum atomic E-state index is 12.0. The molecule has 1 N–H and O–H groups in total. The monoisotopic (exact) mass is 222 g/mol. The maximum Gasteiger partial charge on any atom is 0.438 e. The smallest absolute Gasteiger partial charge is 0.336 e. The molecule has 1 fully saturated rings. The van der Waals surface area contributed by atoms with Gasteiger partial charge in [-0.05, 0) is 13.8 Å². The summed E-state index contributed by atoms with van der Waals surface area (Å²) in [5.74, 6) is 0. The second-order valence-corrected chi connectivity index (χ2v) is 4.60. The molecular formula is C7H15N2O4P. The molecule has 6 nitrogen and oxygen atoms in total. The molecule has 0 unspecified atom stereocenters. The van der Waals surface area contributed by atoms with Crippen molar-refractivity contribution in [2.24, 2.45) is 0 Å². The van der Waals surface area contributed by atoms with E-state index in [1.54, 1.807) is 13.8 Å². The SMILES string of the molecule is CCOP(=O)(OCC)N1CCNC1=O. The quantitative estimate of drug-likeness (QED) is 0.709. The van der Waals surface area contributed by atoms with Crippen molar-refractivity contribution in [1.82, 2.24) is 9.99 Å². The average molecular weight is 222 g/mol. The van der Waals surface area contributed by atoms with Crippen molar-refractivity contribution in [2.45, 2.75) is 13.8 Å². The molecule has 1 saturated heterocycles. The molecule has 0 saturated carbocycles. The number of urea groups is 1. The molecular weight excluding hydrogens is 207 g/mol. The Kier molecular flexibility index (Phi) is 3.92. The lowest BCUT2D eigenvalue weighted by atomic mass is 10.7. The molecule has 1 heterocycles. The number of amides is 2. The highest BCUT2D eigenvalue weighted by molar-refractivity contribution is 7.52. The molecule has 1 rings (SSSR count). The highest BCUT2D eigenvalue weighted by atomic mass is 31.2. The lowest BCUT2D eigenvalue weighted by Crippen LogP contribution is -2.27. The van der Waals surface area contributed by atoms with Crippen LogP contribution in [0.15, 0.2) is 0 Å². The molecule has 0 atom stereocenters. The number of carbonyl (C=O) groups is 1. The van der Waals surface area contributed by atoms with Gasteiger partial charge in [0.1, 0.15) is 0 Å². The number of nitrogens with one attached hydrogen (secondary N) is 1. The zero-order valence-electron chi connectivity index (χ0n) is 8.36. The molecule has 0 aromatic carbocycles. The van der Waals surface area contributed by atoms with Crippen LogP contribution in [-0.2, 0) is 13.6 Å². The Labute approximate surface area is 83.1 Å². The Bertz CT molecular complexity index is 248. The molecule has 1 aliphatic heterocycles. The molecule has 1 aliphatic rings. The first kappa shape index (κ1) is 11.5. The van der Waals surface area contributed by atoms with Crippen molar-refractivity contribution >= 4 is 13.8 Å². The first-order valence-electron chi connectivity index (χ1n) is 4.59. The van der Waals surface area contributed by atoms with Gasteiger partial charge in [-0.1, -0.05) is 0 Å². The van der Waals surface area contributed by atoms with Crippen molar-refractivity contribution in [1.29, 1.82) is 0 Å². The van der Waals surface area contributed by atoms with Gasteiger partial charge < -0.3 is 5.32 Å². The summed E-state index contributed by atoms with van der Waals surface area (Å²) in [4.78, 5) is 11.3. The van der Waals surface area contributed by atoms with Gasteiger partial charge in [-0.25, -0.2) is 14.0 Å². The van der Waals surface area contributed by atoms with E-state index in [2.05, 4.69) is 5.32 Å². The van der Waals surface area contributed by atoms with Crippen LogP contribution in [0.5, 0.6) is 0 Å². The van der Waals surface area contributed by atoms with E-state index in [9.17, 15) is 9.36 Å². The maximum absolute atomic E-state index is 12.0. The highest BCUT2D eigenvalue weighted by Gasteiger charge is 2.39. The lowest BCUT2D eigenvalue weighted by molar-refractivity contribution is 0.175. The number of carbonyl (C=O) groups excluding carboxylic acids is 1. The molecule has 0 aliphatic carbocycles. The summed E-state index contributed by atoms with van der Waals surface area (Å²) in [6, 6.07) is -0.393. The van der Waals surface area contributed by atoms with Crippen molar-refractivity contribution in [3.05, 3.63) is 0 Å². The van der Waals surface area contributed by atoms with Gasteiger partial charge in [0.05, 0.1) is 19.8 Å². The van der Waals surface area contributed by atoms with E-state index in [1.165, 1.54) is 0 Å². The van der Waals surface area contributed by atoms with E-state index in [1.807, 2.05) is 0 Å². The normalized spacial score (nSPS) is 17.3. The molecule has 7 heteroatoms. The van der Waals surface area contributed by atoms with Crippen LogP contribution in [0.25, 0.3) is 0 Å². The number of hydrogen-bond acceptors (Lipinski definition) is 4. The lowest BCUT2D eigenvalue weighted by Gasteiger charge is -2.24. The Morgan fingerprint density at radius 3 is 2.36 bits per heavy atom. The van der Waals surface area contributed by atoms with Crippen LogP contribution in [-0.4, -0.2) is 37.0 Å². The molecule has 82 valence electrons. The van der Waals surface area contributed by atoms with Crippen LogP contribution in [0.2, 0.25) is 0 Å². The van der Waals surface area contributed by atoms with Gasteiger partial charge in [-0.2, -0.15) is 0 Å². The number of nitrogens with zero attached hydrogens (tertiary/aromatic N) is 1. The molecule has 0 radical (unpaired) electrons. The fourth-order valence-corrected chi connectivity index (χ4v) is 2.84. The van der Waals surface area contributed by atoms with Crippen molar-refractivity contribution < 1.29 is 18.4 Å². The van der Waals surface area contributed by atoms with Crippen LogP contribution in [0.4, 0.5) is 4.79 Å². The third-order valence-corrected chi connectivity index (χ3v) is 3.86. The van der Waals surface area contributed by atoms with Crippen molar-refractivity contribution in [2.75, 3.05) is 26.3 Å². The highest BCUT2D eigenvalue weighted by Crippen LogP contribution is 2.52. The van der Waals surface area contributed by atoms with Crippen molar-refractivity contribution in [3.8, 4) is 0 Å². The van der Waals surface area contributed by atoms with Gasteiger partial charge in [0.15, 0.2) is 0 Å². The summed E-state index contributed by atoms with van der Waals surface area (Å²) in [7, 11) is -3.40. The molecule has 0 aromatic rings. The van der Waals surface area contributed by atoms with E-state index in [-0.39, 0.29) is 13.2 Å². The predicted octanol–water partition coefficient (Wildman–Crippen LogP) is 1.19. The minimum atomic E-state index is -3.40. The van der Waals surface area contributed by atoms with Crippen LogP contribution >= 0.6 is 7.75 Å². The first-order valence-corrected chi connectivity index (χ1v) is 6.08. The van der Waals surface area contributed by atoms with Crippen molar-refractivity contribution in [3.63, 3.8) is 0 Å². The summed E-state index contributed by atoms with van der Waals surface area (Å²) >= 11 is 0. The Hall–Kier alpha value is -0.580. The molecule has 2 amide bonds. The molecule has 0 spiro atoms. The first-order chi connectivity index (χ1) is 6.64. The van der Waals surface area contributed by atoms with Gasteiger partial charge in [0.25, 0.3) is 0 Å². The van der Waals surface area contributed by atoms with E-state index >= 15 is 0 Å². The Morgan fingerprint density at radius 1 is 1.43 bits per heavy atom. The van der Waals surface area contributed by atoms with Gasteiger partial charge >= 0.3 is 13.8 Å². The summed E-state index contributed by atoms with van der Waals surface area (Å²) in [6.45, 7) is 4.75. The zero-order chi connectivity index (χ0) is 10.6. The third kappa shape index (κ3) is 2.26. The van der Waals surface area contributed by atoms with Gasteiger partial charge in [0, 0.05) is 6.54 Å².